The maximum atomic E-state index is 10.9. The van der Waals surface area contributed by atoms with Gasteiger partial charge in [0.05, 0.1) is 31.1 Å². The predicted molar refractivity (Wildman–Crippen MR) is 54.3 cm³/mol. The summed E-state index contributed by atoms with van der Waals surface area (Å²) >= 11 is 0. The monoisotopic (exact) mass is 194 g/mol. The standard InChI is InChI=1S/C10H14N2O2/c1-12(2)9-5-4-8(11-7-9)6-10(13)14-3/h4-5,7H,6H2,1-3H3. The van der Waals surface area contributed by atoms with Crippen molar-refractivity contribution in [2.45, 2.75) is 6.42 Å². The molecule has 0 fully saturated rings. The molecule has 0 aromatic carbocycles. The molecule has 14 heavy (non-hydrogen) atoms. The van der Waals surface area contributed by atoms with E-state index in [2.05, 4.69) is 9.72 Å². The number of esters is 1. The molecular formula is C10H14N2O2. The number of hydrogen-bond acceptors (Lipinski definition) is 4. The van der Waals surface area contributed by atoms with E-state index in [4.69, 9.17) is 0 Å². The van der Waals surface area contributed by atoms with E-state index in [0.717, 1.165) is 11.4 Å². The van der Waals surface area contributed by atoms with Gasteiger partial charge in [-0.3, -0.25) is 9.78 Å². The summed E-state index contributed by atoms with van der Waals surface area (Å²) in [6, 6.07) is 3.75. The first kappa shape index (κ1) is 10.5. The van der Waals surface area contributed by atoms with E-state index < -0.39 is 0 Å². The lowest BCUT2D eigenvalue weighted by atomic mass is 10.2. The molecule has 1 heterocycles. The lowest BCUT2D eigenvalue weighted by Gasteiger charge is -2.11. The molecule has 0 spiro atoms. The average molecular weight is 194 g/mol. The maximum absolute atomic E-state index is 10.9. The van der Waals surface area contributed by atoms with E-state index in [9.17, 15) is 4.79 Å². The molecule has 0 atom stereocenters. The van der Waals surface area contributed by atoms with Crippen LogP contribution in [0.2, 0.25) is 0 Å². The van der Waals surface area contributed by atoms with Gasteiger partial charge in [-0.25, -0.2) is 0 Å². The zero-order valence-electron chi connectivity index (χ0n) is 8.65. The summed E-state index contributed by atoms with van der Waals surface area (Å²) in [5.74, 6) is -0.268. The van der Waals surface area contributed by atoms with Crippen LogP contribution in [0, 0.1) is 0 Å². The number of methoxy groups -OCH3 is 1. The van der Waals surface area contributed by atoms with Crippen LogP contribution in [0.5, 0.6) is 0 Å². The van der Waals surface area contributed by atoms with Crippen LogP contribution >= 0.6 is 0 Å². The highest BCUT2D eigenvalue weighted by Gasteiger charge is 2.04. The number of anilines is 1. The first-order valence-corrected chi connectivity index (χ1v) is 4.32. The highest BCUT2D eigenvalue weighted by molar-refractivity contribution is 5.71. The van der Waals surface area contributed by atoms with E-state index in [1.807, 2.05) is 31.1 Å². The van der Waals surface area contributed by atoms with Gasteiger partial charge in [0.25, 0.3) is 0 Å². The van der Waals surface area contributed by atoms with Crippen LogP contribution < -0.4 is 4.90 Å². The number of carbonyl (C=O) groups excluding carboxylic acids is 1. The minimum Gasteiger partial charge on any atom is -0.469 e. The van der Waals surface area contributed by atoms with Crippen molar-refractivity contribution < 1.29 is 9.53 Å². The normalized spacial score (nSPS) is 9.64. The van der Waals surface area contributed by atoms with Crippen molar-refractivity contribution in [1.82, 2.24) is 4.98 Å². The molecule has 76 valence electrons. The quantitative estimate of drug-likeness (QED) is 0.669. The van der Waals surface area contributed by atoms with E-state index in [1.165, 1.54) is 7.11 Å². The van der Waals surface area contributed by atoms with Crippen molar-refractivity contribution in [2.24, 2.45) is 0 Å². The molecule has 0 amide bonds. The molecule has 0 saturated heterocycles. The van der Waals surface area contributed by atoms with Crippen LogP contribution in [0.3, 0.4) is 0 Å². The summed E-state index contributed by atoms with van der Waals surface area (Å²) in [7, 11) is 5.25. The number of rotatable bonds is 3. The minimum absolute atomic E-state index is 0.226. The lowest BCUT2D eigenvalue weighted by molar-refractivity contribution is -0.139. The molecule has 0 bridgehead atoms. The Morgan fingerprint density at radius 1 is 1.50 bits per heavy atom. The van der Waals surface area contributed by atoms with Crippen LogP contribution in [0.1, 0.15) is 5.69 Å². The van der Waals surface area contributed by atoms with E-state index in [0.29, 0.717) is 0 Å². The van der Waals surface area contributed by atoms with Crippen molar-refractivity contribution in [3.05, 3.63) is 24.0 Å². The molecule has 4 nitrogen and oxygen atoms in total. The Morgan fingerprint density at radius 2 is 2.21 bits per heavy atom. The van der Waals surface area contributed by atoms with E-state index in [1.54, 1.807) is 6.20 Å². The third kappa shape index (κ3) is 2.73. The van der Waals surface area contributed by atoms with Crippen molar-refractivity contribution >= 4 is 11.7 Å². The maximum Gasteiger partial charge on any atom is 0.311 e. The Hall–Kier alpha value is -1.58. The van der Waals surface area contributed by atoms with Crippen LogP contribution in [-0.4, -0.2) is 32.2 Å². The smallest absolute Gasteiger partial charge is 0.311 e. The van der Waals surface area contributed by atoms with Crippen molar-refractivity contribution in [3.8, 4) is 0 Å². The fourth-order valence-corrected chi connectivity index (χ4v) is 1.01. The van der Waals surface area contributed by atoms with Crippen LogP contribution in [0.15, 0.2) is 18.3 Å². The van der Waals surface area contributed by atoms with Crippen molar-refractivity contribution in [3.63, 3.8) is 0 Å². The van der Waals surface area contributed by atoms with Crippen molar-refractivity contribution in [1.29, 1.82) is 0 Å². The summed E-state index contributed by atoms with van der Waals surface area (Å²) in [5, 5.41) is 0. The van der Waals surface area contributed by atoms with Gasteiger partial charge in [-0.2, -0.15) is 0 Å². The summed E-state index contributed by atoms with van der Waals surface area (Å²) < 4.78 is 4.54. The first-order chi connectivity index (χ1) is 6.63. The summed E-state index contributed by atoms with van der Waals surface area (Å²) in [6.45, 7) is 0. The lowest BCUT2D eigenvalue weighted by Crippen LogP contribution is -2.10. The molecule has 0 unspecified atom stereocenters. The number of hydrogen-bond donors (Lipinski definition) is 0. The molecule has 0 aliphatic heterocycles. The SMILES string of the molecule is COC(=O)Cc1ccc(N(C)C)cn1. The highest BCUT2D eigenvalue weighted by atomic mass is 16.5. The Bertz CT molecular complexity index is 306. The fraction of sp³-hybridized carbons (Fsp3) is 0.400. The Labute approximate surface area is 83.5 Å². The number of nitrogens with zero attached hydrogens (tertiary/aromatic N) is 2. The minimum atomic E-state index is -0.268. The van der Waals surface area contributed by atoms with Gasteiger partial charge in [-0.05, 0) is 12.1 Å². The highest BCUT2D eigenvalue weighted by Crippen LogP contribution is 2.09. The van der Waals surface area contributed by atoms with E-state index in [-0.39, 0.29) is 12.4 Å². The van der Waals surface area contributed by atoms with Gasteiger partial charge in [0.1, 0.15) is 0 Å². The van der Waals surface area contributed by atoms with Gasteiger partial charge in [0.2, 0.25) is 0 Å². The third-order valence-corrected chi connectivity index (χ3v) is 1.88. The predicted octanol–water partition coefficient (Wildman–Crippen LogP) is 0.863. The van der Waals surface area contributed by atoms with Gasteiger partial charge in [-0.1, -0.05) is 0 Å². The second-order valence-electron chi connectivity index (χ2n) is 3.16. The molecule has 1 rings (SSSR count). The molecule has 0 radical (unpaired) electrons. The van der Waals surface area contributed by atoms with Gasteiger partial charge < -0.3 is 9.64 Å². The van der Waals surface area contributed by atoms with Gasteiger partial charge >= 0.3 is 5.97 Å². The second kappa shape index (κ2) is 4.60. The topological polar surface area (TPSA) is 42.4 Å². The molecule has 0 aliphatic rings. The Kier molecular flexibility index (Phi) is 3.45. The zero-order chi connectivity index (χ0) is 10.6. The summed E-state index contributed by atoms with van der Waals surface area (Å²) in [4.78, 5) is 17.0. The molecule has 1 aromatic rings. The van der Waals surface area contributed by atoms with Crippen LogP contribution in [0.4, 0.5) is 5.69 Å². The number of aromatic nitrogens is 1. The van der Waals surface area contributed by atoms with Gasteiger partial charge in [0.15, 0.2) is 0 Å². The van der Waals surface area contributed by atoms with E-state index >= 15 is 0 Å². The average Bonchev–Trinajstić information content (AvgIpc) is 2.18. The fourth-order valence-electron chi connectivity index (χ4n) is 1.01. The number of carbonyl (C=O) groups is 1. The first-order valence-electron chi connectivity index (χ1n) is 4.32. The Balaban J connectivity index is 2.69. The molecule has 0 saturated carbocycles. The second-order valence-corrected chi connectivity index (χ2v) is 3.16. The summed E-state index contributed by atoms with van der Waals surface area (Å²) in [6.07, 6.45) is 1.96. The van der Waals surface area contributed by atoms with Crippen molar-refractivity contribution in [2.75, 3.05) is 26.1 Å². The van der Waals surface area contributed by atoms with Gasteiger partial charge in [-0.15, -0.1) is 0 Å². The van der Waals surface area contributed by atoms with Crippen LogP contribution in [0.25, 0.3) is 0 Å². The molecule has 0 N–H and O–H groups in total. The summed E-state index contributed by atoms with van der Waals surface area (Å²) in [5.41, 5.74) is 1.74. The van der Waals surface area contributed by atoms with Gasteiger partial charge in [0, 0.05) is 14.1 Å². The Morgan fingerprint density at radius 3 is 2.64 bits per heavy atom. The molecule has 4 heteroatoms. The zero-order valence-corrected chi connectivity index (χ0v) is 8.65. The third-order valence-electron chi connectivity index (χ3n) is 1.88. The number of ether oxygens (including phenoxy) is 1. The number of pyridine rings is 1. The van der Waals surface area contributed by atoms with Crippen LogP contribution in [-0.2, 0) is 16.0 Å². The molecule has 0 aliphatic carbocycles. The molecule has 1 aromatic heterocycles. The molecular weight excluding hydrogens is 180 g/mol. The largest absolute Gasteiger partial charge is 0.469 e.